The highest BCUT2D eigenvalue weighted by atomic mass is 16.1. The lowest BCUT2D eigenvalue weighted by molar-refractivity contribution is -0.121. The Morgan fingerprint density at radius 1 is 1.33 bits per heavy atom. The lowest BCUT2D eigenvalue weighted by Gasteiger charge is -2.27. The monoisotopic (exact) mass is 246 g/mol. The molecule has 1 aromatic heterocycles. The van der Waals surface area contributed by atoms with Crippen LogP contribution in [0.4, 0.5) is 5.82 Å². The molecule has 1 heterocycles. The molecule has 98 valence electrons. The maximum Gasteiger partial charge on any atom is 0.228 e. The first-order chi connectivity index (χ1) is 8.79. The Balaban J connectivity index is 1.81. The number of hydrogen-bond donors (Lipinski definition) is 1. The van der Waals surface area contributed by atoms with E-state index in [1.807, 2.05) is 18.2 Å². The molecule has 0 atom stereocenters. The van der Waals surface area contributed by atoms with Gasteiger partial charge in [-0.2, -0.15) is 0 Å². The predicted octanol–water partition coefficient (Wildman–Crippen LogP) is 3.63. The summed E-state index contributed by atoms with van der Waals surface area (Å²) in [6, 6.07) is 5.58. The van der Waals surface area contributed by atoms with Crippen LogP contribution in [0.2, 0.25) is 0 Å². The van der Waals surface area contributed by atoms with E-state index in [1.165, 1.54) is 25.7 Å². The van der Waals surface area contributed by atoms with E-state index in [1.54, 1.807) is 6.20 Å². The van der Waals surface area contributed by atoms with E-state index in [2.05, 4.69) is 17.2 Å². The van der Waals surface area contributed by atoms with Crippen molar-refractivity contribution in [2.45, 2.75) is 45.4 Å². The molecule has 0 radical (unpaired) electrons. The van der Waals surface area contributed by atoms with Crippen LogP contribution in [0.1, 0.15) is 45.4 Å². The molecule has 1 aliphatic rings. The Bertz CT molecular complexity index is 369. The van der Waals surface area contributed by atoms with Crippen molar-refractivity contribution in [1.29, 1.82) is 0 Å². The highest BCUT2D eigenvalue weighted by Crippen LogP contribution is 2.31. The highest BCUT2D eigenvalue weighted by molar-refractivity contribution is 5.91. The van der Waals surface area contributed by atoms with Crippen LogP contribution in [-0.2, 0) is 4.79 Å². The molecule has 0 saturated heterocycles. The van der Waals surface area contributed by atoms with E-state index >= 15 is 0 Å². The number of rotatable bonds is 4. The average molecular weight is 246 g/mol. The summed E-state index contributed by atoms with van der Waals surface area (Å²) >= 11 is 0. The summed E-state index contributed by atoms with van der Waals surface area (Å²) in [5, 5.41) is 2.91. The SMILES string of the molecule is CCCC1CCC(C(=O)Nc2ccccn2)CC1. The van der Waals surface area contributed by atoms with E-state index in [0.29, 0.717) is 5.82 Å². The van der Waals surface area contributed by atoms with Crippen LogP contribution in [0.15, 0.2) is 24.4 Å². The van der Waals surface area contributed by atoms with Gasteiger partial charge in [-0.05, 0) is 43.7 Å². The standard InChI is InChI=1S/C15H22N2O/c1-2-5-12-7-9-13(10-8-12)15(18)17-14-6-3-4-11-16-14/h3-4,6,11-13H,2,5,7-10H2,1H3,(H,16,17,18). The van der Waals surface area contributed by atoms with Crippen LogP contribution in [0, 0.1) is 11.8 Å². The minimum Gasteiger partial charge on any atom is -0.310 e. The lowest BCUT2D eigenvalue weighted by Crippen LogP contribution is -2.27. The second-order valence-electron chi connectivity index (χ2n) is 5.21. The summed E-state index contributed by atoms with van der Waals surface area (Å²) in [6.45, 7) is 2.24. The van der Waals surface area contributed by atoms with Crippen LogP contribution in [0.3, 0.4) is 0 Å². The number of aromatic nitrogens is 1. The highest BCUT2D eigenvalue weighted by Gasteiger charge is 2.25. The quantitative estimate of drug-likeness (QED) is 0.881. The molecular formula is C15H22N2O. The average Bonchev–Trinajstić information content (AvgIpc) is 2.41. The van der Waals surface area contributed by atoms with Crippen molar-refractivity contribution in [2.24, 2.45) is 11.8 Å². The van der Waals surface area contributed by atoms with Crippen molar-refractivity contribution in [3.63, 3.8) is 0 Å². The van der Waals surface area contributed by atoms with Crippen molar-refractivity contribution >= 4 is 11.7 Å². The molecule has 1 aliphatic carbocycles. The fourth-order valence-corrected chi connectivity index (χ4v) is 2.79. The van der Waals surface area contributed by atoms with Crippen LogP contribution in [-0.4, -0.2) is 10.9 Å². The Morgan fingerprint density at radius 2 is 2.11 bits per heavy atom. The van der Waals surface area contributed by atoms with Gasteiger partial charge in [0.25, 0.3) is 0 Å². The van der Waals surface area contributed by atoms with Crippen molar-refractivity contribution in [3.05, 3.63) is 24.4 Å². The van der Waals surface area contributed by atoms with E-state index < -0.39 is 0 Å². The molecule has 1 fully saturated rings. The lowest BCUT2D eigenvalue weighted by atomic mass is 9.80. The van der Waals surface area contributed by atoms with Gasteiger partial charge >= 0.3 is 0 Å². The molecule has 18 heavy (non-hydrogen) atoms. The summed E-state index contributed by atoms with van der Waals surface area (Å²) in [7, 11) is 0. The van der Waals surface area contributed by atoms with Gasteiger partial charge in [0.1, 0.15) is 5.82 Å². The molecular weight excluding hydrogens is 224 g/mol. The van der Waals surface area contributed by atoms with E-state index in [-0.39, 0.29) is 11.8 Å². The van der Waals surface area contributed by atoms with Crippen molar-refractivity contribution in [1.82, 2.24) is 4.98 Å². The largest absolute Gasteiger partial charge is 0.310 e. The zero-order chi connectivity index (χ0) is 12.8. The molecule has 0 spiro atoms. The van der Waals surface area contributed by atoms with Crippen LogP contribution in [0.5, 0.6) is 0 Å². The smallest absolute Gasteiger partial charge is 0.228 e. The van der Waals surface area contributed by atoms with Crippen LogP contribution < -0.4 is 5.32 Å². The molecule has 3 heteroatoms. The minimum absolute atomic E-state index is 0.142. The second kappa shape index (κ2) is 6.53. The van der Waals surface area contributed by atoms with E-state index in [4.69, 9.17) is 0 Å². The summed E-state index contributed by atoms with van der Waals surface area (Å²) in [5.41, 5.74) is 0. The van der Waals surface area contributed by atoms with Crippen LogP contribution >= 0.6 is 0 Å². The molecule has 1 aromatic rings. The summed E-state index contributed by atoms with van der Waals surface area (Å²) in [4.78, 5) is 16.2. The maximum absolute atomic E-state index is 12.1. The number of nitrogens with one attached hydrogen (secondary N) is 1. The molecule has 0 bridgehead atoms. The molecule has 1 N–H and O–H groups in total. The predicted molar refractivity (Wildman–Crippen MR) is 73.2 cm³/mol. The van der Waals surface area contributed by atoms with Gasteiger partial charge in [-0.1, -0.05) is 25.8 Å². The van der Waals surface area contributed by atoms with Gasteiger partial charge in [0.05, 0.1) is 0 Å². The van der Waals surface area contributed by atoms with Gasteiger partial charge in [0.2, 0.25) is 5.91 Å². The molecule has 3 nitrogen and oxygen atoms in total. The zero-order valence-electron chi connectivity index (χ0n) is 11.1. The summed E-state index contributed by atoms with van der Waals surface area (Å²) in [6.07, 6.45) is 8.74. The molecule has 2 rings (SSSR count). The zero-order valence-corrected chi connectivity index (χ0v) is 11.1. The Labute approximate surface area is 109 Å². The number of hydrogen-bond acceptors (Lipinski definition) is 2. The Morgan fingerprint density at radius 3 is 2.72 bits per heavy atom. The van der Waals surface area contributed by atoms with E-state index in [0.717, 1.165) is 18.8 Å². The first-order valence-corrected chi connectivity index (χ1v) is 7.01. The van der Waals surface area contributed by atoms with Gasteiger partial charge in [-0.3, -0.25) is 4.79 Å². The Hall–Kier alpha value is -1.38. The third kappa shape index (κ3) is 3.56. The summed E-state index contributed by atoms with van der Waals surface area (Å²) in [5.74, 6) is 1.83. The van der Waals surface area contributed by atoms with Gasteiger partial charge in [0.15, 0.2) is 0 Å². The van der Waals surface area contributed by atoms with Gasteiger partial charge < -0.3 is 5.32 Å². The topological polar surface area (TPSA) is 42.0 Å². The van der Waals surface area contributed by atoms with Gasteiger partial charge in [-0.15, -0.1) is 0 Å². The van der Waals surface area contributed by atoms with Crippen molar-refractivity contribution in [3.8, 4) is 0 Å². The normalized spacial score (nSPS) is 23.6. The van der Waals surface area contributed by atoms with Gasteiger partial charge in [-0.25, -0.2) is 4.98 Å². The van der Waals surface area contributed by atoms with Crippen molar-refractivity contribution in [2.75, 3.05) is 5.32 Å². The fraction of sp³-hybridized carbons (Fsp3) is 0.600. The fourth-order valence-electron chi connectivity index (χ4n) is 2.79. The number of pyridine rings is 1. The van der Waals surface area contributed by atoms with Gasteiger partial charge in [0, 0.05) is 12.1 Å². The first kappa shape index (κ1) is 13.1. The minimum atomic E-state index is 0.142. The second-order valence-corrected chi connectivity index (χ2v) is 5.21. The third-order valence-corrected chi connectivity index (χ3v) is 3.83. The number of nitrogens with zero attached hydrogens (tertiary/aromatic N) is 1. The molecule has 1 saturated carbocycles. The maximum atomic E-state index is 12.1. The van der Waals surface area contributed by atoms with E-state index in [9.17, 15) is 4.79 Å². The summed E-state index contributed by atoms with van der Waals surface area (Å²) < 4.78 is 0. The van der Waals surface area contributed by atoms with Crippen molar-refractivity contribution < 1.29 is 4.79 Å². The molecule has 0 aromatic carbocycles. The Kier molecular flexibility index (Phi) is 4.73. The first-order valence-electron chi connectivity index (χ1n) is 7.01. The molecule has 0 unspecified atom stereocenters. The molecule has 0 aliphatic heterocycles. The molecule has 1 amide bonds. The van der Waals surface area contributed by atoms with Crippen LogP contribution in [0.25, 0.3) is 0 Å². The third-order valence-electron chi connectivity index (χ3n) is 3.83. The number of anilines is 1. The number of carbonyl (C=O) groups is 1. The number of carbonyl (C=O) groups excluding carboxylic acids is 1. The number of amides is 1.